The van der Waals surface area contributed by atoms with Crippen molar-refractivity contribution in [2.75, 3.05) is 33.4 Å². The molecule has 0 aliphatic heterocycles. The number of hydrogen-bond donors (Lipinski definition) is 2. The second-order valence-electron chi connectivity index (χ2n) is 6.96. The lowest BCUT2D eigenvalue weighted by Gasteiger charge is -2.28. The lowest BCUT2D eigenvalue weighted by Crippen LogP contribution is -2.42. The van der Waals surface area contributed by atoms with E-state index in [-0.39, 0.29) is 24.0 Å². The molecule has 1 aliphatic rings. The number of ether oxygens (including phenoxy) is 2. The molecular formula is C20H35IN4O2. The number of halogens is 1. The quantitative estimate of drug-likeness (QED) is 0.226. The molecule has 0 aromatic carbocycles. The average molecular weight is 490 g/mol. The first-order chi connectivity index (χ1) is 12.7. The summed E-state index contributed by atoms with van der Waals surface area (Å²) in [6, 6.07) is 3.89. The fourth-order valence-corrected chi connectivity index (χ4v) is 3.38. The number of nitrogens with one attached hydrogen (secondary N) is 2. The highest BCUT2D eigenvalue weighted by Crippen LogP contribution is 2.40. The minimum atomic E-state index is 0. The van der Waals surface area contributed by atoms with Gasteiger partial charge in [-0.15, -0.1) is 24.0 Å². The van der Waals surface area contributed by atoms with Gasteiger partial charge in [-0.1, -0.05) is 25.8 Å². The summed E-state index contributed by atoms with van der Waals surface area (Å²) in [7, 11) is 1.66. The Hall–Kier alpha value is -1.09. The Labute approximate surface area is 180 Å². The molecule has 6 nitrogen and oxygen atoms in total. The summed E-state index contributed by atoms with van der Waals surface area (Å²) < 4.78 is 10.5. The highest BCUT2D eigenvalue weighted by Gasteiger charge is 2.31. The molecule has 0 unspecified atom stereocenters. The van der Waals surface area contributed by atoms with Crippen molar-refractivity contribution in [3.8, 4) is 5.88 Å². The summed E-state index contributed by atoms with van der Waals surface area (Å²) in [5.74, 6) is 1.50. The molecule has 2 N–H and O–H groups in total. The predicted molar refractivity (Wildman–Crippen MR) is 121 cm³/mol. The van der Waals surface area contributed by atoms with Crippen LogP contribution < -0.4 is 15.4 Å². The third-order valence-corrected chi connectivity index (χ3v) is 5.14. The van der Waals surface area contributed by atoms with Gasteiger partial charge in [0, 0.05) is 32.5 Å². The van der Waals surface area contributed by atoms with Gasteiger partial charge in [0.05, 0.1) is 13.2 Å². The van der Waals surface area contributed by atoms with Crippen molar-refractivity contribution in [3.63, 3.8) is 0 Å². The van der Waals surface area contributed by atoms with Gasteiger partial charge in [0.1, 0.15) is 6.61 Å². The Balaban J connectivity index is 0.00000364. The zero-order valence-electron chi connectivity index (χ0n) is 16.9. The summed E-state index contributed by atoms with van der Waals surface area (Å²) >= 11 is 0. The third kappa shape index (κ3) is 8.21. The van der Waals surface area contributed by atoms with Crippen molar-refractivity contribution >= 4 is 29.9 Å². The minimum absolute atomic E-state index is 0. The molecule has 27 heavy (non-hydrogen) atoms. The first kappa shape index (κ1) is 23.9. The maximum absolute atomic E-state index is 5.49. The second-order valence-corrected chi connectivity index (χ2v) is 6.96. The molecule has 0 radical (unpaired) electrons. The van der Waals surface area contributed by atoms with Gasteiger partial charge < -0.3 is 20.1 Å². The van der Waals surface area contributed by atoms with E-state index in [9.17, 15) is 0 Å². The smallest absolute Gasteiger partial charge is 0.213 e. The molecule has 0 spiro atoms. The van der Waals surface area contributed by atoms with Gasteiger partial charge in [0.15, 0.2) is 5.96 Å². The van der Waals surface area contributed by atoms with Gasteiger partial charge in [-0.3, -0.25) is 0 Å². The van der Waals surface area contributed by atoms with Crippen molar-refractivity contribution in [1.82, 2.24) is 15.6 Å². The maximum atomic E-state index is 5.49. The van der Waals surface area contributed by atoms with Gasteiger partial charge in [0.25, 0.3) is 0 Å². The molecule has 0 bridgehead atoms. The lowest BCUT2D eigenvalue weighted by atomic mass is 9.83. The Bertz CT molecular complexity index is 545. The van der Waals surface area contributed by atoms with Crippen LogP contribution in [0.4, 0.5) is 0 Å². The standard InChI is InChI=1S/C20H34N4O2.HI/c1-4-20(10-6-7-11-20)16-24-19(21-5-2)23-15-17-8-9-18(22-14-17)26-13-12-25-3;/h8-9,14H,4-7,10-13,15-16H2,1-3H3,(H2,21,23,24);1H. The highest BCUT2D eigenvalue weighted by molar-refractivity contribution is 14.0. The van der Waals surface area contributed by atoms with Crippen LogP contribution in [0.5, 0.6) is 5.88 Å². The lowest BCUT2D eigenvalue weighted by molar-refractivity contribution is 0.143. The Morgan fingerprint density at radius 2 is 1.96 bits per heavy atom. The Morgan fingerprint density at radius 1 is 1.19 bits per heavy atom. The van der Waals surface area contributed by atoms with Crippen molar-refractivity contribution in [2.45, 2.75) is 52.5 Å². The van der Waals surface area contributed by atoms with E-state index < -0.39 is 0 Å². The van der Waals surface area contributed by atoms with Crippen molar-refractivity contribution < 1.29 is 9.47 Å². The van der Waals surface area contributed by atoms with E-state index >= 15 is 0 Å². The van der Waals surface area contributed by atoms with Crippen LogP contribution in [0.3, 0.4) is 0 Å². The van der Waals surface area contributed by atoms with Crippen LogP contribution in [-0.2, 0) is 11.3 Å². The van der Waals surface area contributed by atoms with E-state index in [0.717, 1.165) is 24.6 Å². The van der Waals surface area contributed by atoms with E-state index in [0.29, 0.717) is 31.1 Å². The Kier molecular flexibility index (Phi) is 11.7. The molecule has 0 amide bonds. The number of aromatic nitrogens is 1. The van der Waals surface area contributed by atoms with Crippen LogP contribution in [0.1, 0.15) is 51.5 Å². The van der Waals surface area contributed by atoms with Gasteiger partial charge in [0.2, 0.25) is 5.88 Å². The number of hydrogen-bond acceptors (Lipinski definition) is 4. The molecule has 1 heterocycles. The largest absolute Gasteiger partial charge is 0.475 e. The summed E-state index contributed by atoms with van der Waals surface area (Å²) in [5, 5.41) is 6.89. The van der Waals surface area contributed by atoms with Gasteiger partial charge in [-0.25, -0.2) is 9.98 Å². The maximum Gasteiger partial charge on any atom is 0.213 e. The van der Waals surface area contributed by atoms with Gasteiger partial charge >= 0.3 is 0 Å². The molecule has 1 fully saturated rings. The molecule has 1 aromatic rings. The van der Waals surface area contributed by atoms with E-state index in [2.05, 4.69) is 29.5 Å². The number of pyridine rings is 1. The molecule has 1 saturated carbocycles. The van der Waals surface area contributed by atoms with Crippen molar-refractivity contribution in [3.05, 3.63) is 23.9 Å². The SMILES string of the molecule is CCNC(=NCc1ccc(OCCOC)nc1)NCC1(CC)CCCC1.I. The topological polar surface area (TPSA) is 67.8 Å². The van der Waals surface area contributed by atoms with Gasteiger partial charge in [-0.2, -0.15) is 0 Å². The molecule has 1 aliphatic carbocycles. The van der Waals surface area contributed by atoms with Crippen LogP contribution in [-0.4, -0.2) is 44.4 Å². The second kappa shape index (κ2) is 13.1. The van der Waals surface area contributed by atoms with Crippen LogP contribution in [0, 0.1) is 5.41 Å². The van der Waals surface area contributed by atoms with E-state index in [4.69, 9.17) is 14.5 Å². The summed E-state index contributed by atoms with van der Waals surface area (Å²) in [6.07, 6.45) is 8.41. The number of guanidine groups is 1. The van der Waals surface area contributed by atoms with E-state index in [1.165, 1.54) is 32.1 Å². The molecule has 154 valence electrons. The normalized spacial score (nSPS) is 15.9. The fraction of sp³-hybridized carbons (Fsp3) is 0.700. The molecule has 0 atom stereocenters. The highest BCUT2D eigenvalue weighted by atomic mass is 127. The summed E-state index contributed by atoms with van der Waals surface area (Å²) in [4.78, 5) is 9.03. The fourth-order valence-electron chi connectivity index (χ4n) is 3.38. The van der Waals surface area contributed by atoms with Crippen LogP contribution in [0.2, 0.25) is 0 Å². The minimum Gasteiger partial charge on any atom is -0.475 e. The van der Waals surface area contributed by atoms with E-state index in [1.54, 1.807) is 7.11 Å². The number of aliphatic imine (C=N–C) groups is 1. The monoisotopic (exact) mass is 490 g/mol. The predicted octanol–water partition coefficient (Wildman–Crippen LogP) is 3.75. The third-order valence-electron chi connectivity index (χ3n) is 5.14. The summed E-state index contributed by atoms with van der Waals surface area (Å²) in [5.41, 5.74) is 1.51. The van der Waals surface area contributed by atoms with Crippen LogP contribution >= 0.6 is 24.0 Å². The zero-order valence-corrected chi connectivity index (χ0v) is 19.3. The summed E-state index contributed by atoms with van der Waals surface area (Å²) in [6.45, 7) is 7.92. The number of methoxy groups -OCH3 is 1. The first-order valence-corrected chi connectivity index (χ1v) is 9.80. The van der Waals surface area contributed by atoms with Crippen molar-refractivity contribution in [1.29, 1.82) is 0 Å². The average Bonchev–Trinajstić information content (AvgIpc) is 3.15. The van der Waals surface area contributed by atoms with Crippen LogP contribution in [0.25, 0.3) is 0 Å². The molecule has 0 saturated heterocycles. The van der Waals surface area contributed by atoms with Crippen LogP contribution in [0.15, 0.2) is 23.3 Å². The number of rotatable bonds is 10. The number of nitrogens with zero attached hydrogens (tertiary/aromatic N) is 2. The molecular weight excluding hydrogens is 455 g/mol. The first-order valence-electron chi connectivity index (χ1n) is 9.80. The van der Waals surface area contributed by atoms with Gasteiger partial charge in [-0.05, 0) is 37.2 Å². The van der Waals surface area contributed by atoms with Crippen molar-refractivity contribution in [2.24, 2.45) is 10.4 Å². The van der Waals surface area contributed by atoms with E-state index in [1.807, 2.05) is 18.3 Å². The molecule has 1 aromatic heterocycles. The molecule has 7 heteroatoms. The zero-order chi connectivity index (χ0) is 18.7. The Morgan fingerprint density at radius 3 is 2.56 bits per heavy atom. The molecule has 2 rings (SSSR count).